The molecule has 0 aliphatic heterocycles. The van der Waals surface area contributed by atoms with Crippen molar-refractivity contribution in [1.82, 2.24) is 0 Å². The van der Waals surface area contributed by atoms with Gasteiger partial charge in [-0.2, -0.15) is 0 Å². The van der Waals surface area contributed by atoms with Crippen LogP contribution in [0.1, 0.15) is 73.6 Å². The monoisotopic (exact) mass is 816 g/mol. The van der Waals surface area contributed by atoms with Gasteiger partial charge in [-0.15, -0.1) is 0 Å². The van der Waals surface area contributed by atoms with E-state index in [1.54, 1.807) is 22.3 Å². The standard InChI is InChI=1S/C64H48/c1-3-15-49-47(13-1)55(43-25-21-41(22-26-43)45-29-31-53-51-17-5-7-19-59(51)63(61(53)37-45)33-9-10-34-63)39-58-50-16-4-2-14-48(50)56(40-57(49)58)44-27-23-42(24-28-44)46-30-32-54-52-18-6-8-20-60(52)64(62(54)38-46)35-11-12-36-64/h1-8,13-32,37-40H,9-12,33-36H2. The summed E-state index contributed by atoms with van der Waals surface area (Å²) in [6.45, 7) is 0. The zero-order valence-electron chi connectivity index (χ0n) is 36.1. The number of hydrogen-bond donors (Lipinski definition) is 0. The minimum atomic E-state index is 0.174. The molecule has 64 heavy (non-hydrogen) atoms. The third-order valence-corrected chi connectivity index (χ3v) is 16.4. The highest BCUT2D eigenvalue weighted by Crippen LogP contribution is 2.59. The maximum Gasteiger partial charge on any atom is 0.0215 e. The van der Waals surface area contributed by atoms with Gasteiger partial charge in [0, 0.05) is 10.8 Å². The van der Waals surface area contributed by atoms with Crippen LogP contribution in [0.5, 0.6) is 0 Å². The van der Waals surface area contributed by atoms with E-state index in [0.29, 0.717) is 0 Å². The van der Waals surface area contributed by atoms with Gasteiger partial charge in [0.2, 0.25) is 0 Å². The lowest BCUT2D eigenvalue weighted by molar-refractivity contribution is 0.550. The minimum absolute atomic E-state index is 0.174. The van der Waals surface area contributed by atoms with Crippen LogP contribution in [0, 0.1) is 0 Å². The Morgan fingerprint density at radius 2 is 0.547 bits per heavy atom. The van der Waals surface area contributed by atoms with Crippen molar-refractivity contribution in [3.05, 3.63) is 216 Å². The summed E-state index contributed by atoms with van der Waals surface area (Å²) >= 11 is 0. The van der Waals surface area contributed by atoms with Gasteiger partial charge in [0.1, 0.15) is 0 Å². The molecule has 14 rings (SSSR count). The molecule has 0 unspecified atom stereocenters. The van der Waals surface area contributed by atoms with Crippen LogP contribution in [0.4, 0.5) is 0 Å². The maximum absolute atomic E-state index is 2.52. The Balaban J connectivity index is 0.837. The minimum Gasteiger partial charge on any atom is -0.0619 e. The molecule has 0 nitrogen and oxygen atoms in total. The van der Waals surface area contributed by atoms with Gasteiger partial charge < -0.3 is 0 Å². The van der Waals surface area contributed by atoms with Crippen LogP contribution in [-0.2, 0) is 10.8 Å². The highest BCUT2D eigenvalue weighted by Gasteiger charge is 2.46. The molecule has 2 saturated carbocycles. The molecular formula is C64H48. The second kappa shape index (κ2) is 13.7. The quantitative estimate of drug-likeness (QED) is 0.155. The molecule has 0 atom stereocenters. The molecule has 10 aromatic carbocycles. The summed E-state index contributed by atoms with van der Waals surface area (Å²) in [6, 6.07) is 74.6. The van der Waals surface area contributed by atoms with Crippen molar-refractivity contribution in [1.29, 1.82) is 0 Å². The van der Waals surface area contributed by atoms with Gasteiger partial charge in [-0.1, -0.05) is 196 Å². The molecule has 0 aromatic heterocycles. The van der Waals surface area contributed by atoms with Crippen LogP contribution in [0.3, 0.4) is 0 Å². The molecule has 4 aliphatic carbocycles. The number of rotatable bonds is 4. The molecule has 2 fully saturated rings. The predicted molar refractivity (Wildman–Crippen MR) is 270 cm³/mol. The van der Waals surface area contributed by atoms with Crippen molar-refractivity contribution in [2.75, 3.05) is 0 Å². The van der Waals surface area contributed by atoms with Gasteiger partial charge in [0.05, 0.1) is 0 Å². The van der Waals surface area contributed by atoms with Crippen molar-refractivity contribution in [3.8, 4) is 66.8 Å². The fourth-order valence-electron chi connectivity index (χ4n) is 13.4. The zero-order chi connectivity index (χ0) is 42.0. The summed E-state index contributed by atoms with van der Waals surface area (Å²) in [7, 11) is 0. The van der Waals surface area contributed by atoms with Crippen molar-refractivity contribution in [2.45, 2.75) is 62.2 Å². The van der Waals surface area contributed by atoms with Crippen molar-refractivity contribution in [2.24, 2.45) is 0 Å². The summed E-state index contributed by atoms with van der Waals surface area (Å²) in [4.78, 5) is 0. The molecule has 10 aromatic rings. The molecule has 0 bridgehead atoms. The summed E-state index contributed by atoms with van der Waals surface area (Å²) < 4.78 is 0. The van der Waals surface area contributed by atoms with E-state index in [4.69, 9.17) is 0 Å². The van der Waals surface area contributed by atoms with E-state index >= 15 is 0 Å². The van der Waals surface area contributed by atoms with E-state index < -0.39 is 0 Å². The smallest absolute Gasteiger partial charge is 0.0215 e. The normalized spacial score (nSPS) is 16.2. The molecule has 304 valence electrons. The number of fused-ring (bicyclic) bond motifs is 15. The first kappa shape index (κ1) is 36.5. The lowest BCUT2D eigenvalue weighted by atomic mass is 9.76. The Hall–Kier alpha value is -7.02. The van der Waals surface area contributed by atoms with Crippen LogP contribution >= 0.6 is 0 Å². The topological polar surface area (TPSA) is 0 Å². The first-order valence-electron chi connectivity index (χ1n) is 23.7. The molecule has 0 heteroatoms. The van der Waals surface area contributed by atoms with Gasteiger partial charge in [-0.25, -0.2) is 0 Å². The first-order valence-corrected chi connectivity index (χ1v) is 23.7. The third kappa shape index (κ3) is 5.11. The van der Waals surface area contributed by atoms with Gasteiger partial charge in [-0.3, -0.25) is 0 Å². The Labute approximate surface area is 375 Å². The van der Waals surface area contributed by atoms with Crippen LogP contribution in [-0.4, -0.2) is 0 Å². The summed E-state index contributed by atoms with van der Waals surface area (Å²) in [6.07, 6.45) is 10.2. The van der Waals surface area contributed by atoms with Crippen LogP contribution in [0.15, 0.2) is 194 Å². The highest BCUT2D eigenvalue weighted by molar-refractivity contribution is 6.24. The third-order valence-electron chi connectivity index (χ3n) is 16.4. The fraction of sp³-hybridized carbons (Fsp3) is 0.156. The van der Waals surface area contributed by atoms with E-state index in [0.717, 1.165) is 0 Å². The molecule has 4 aliphatic rings. The molecule has 2 spiro atoms. The van der Waals surface area contributed by atoms with Crippen LogP contribution in [0.2, 0.25) is 0 Å². The van der Waals surface area contributed by atoms with E-state index in [1.165, 1.54) is 150 Å². The molecule has 0 radical (unpaired) electrons. The lowest BCUT2D eigenvalue weighted by Crippen LogP contribution is -2.20. The van der Waals surface area contributed by atoms with Gasteiger partial charge >= 0.3 is 0 Å². The molecule has 0 saturated heterocycles. The Morgan fingerprint density at radius 1 is 0.219 bits per heavy atom. The molecule has 0 amide bonds. The Kier molecular flexibility index (Phi) is 7.83. The molecular weight excluding hydrogens is 769 g/mol. The van der Waals surface area contributed by atoms with Crippen molar-refractivity contribution >= 4 is 32.3 Å². The summed E-state index contributed by atoms with van der Waals surface area (Å²) in [5.74, 6) is 0. The summed E-state index contributed by atoms with van der Waals surface area (Å²) in [5, 5.41) is 7.76. The Morgan fingerprint density at radius 3 is 0.969 bits per heavy atom. The largest absolute Gasteiger partial charge is 0.0619 e. The molecule has 0 heterocycles. The number of benzene rings is 10. The Bertz CT molecular complexity index is 3300. The van der Waals surface area contributed by atoms with Crippen molar-refractivity contribution < 1.29 is 0 Å². The van der Waals surface area contributed by atoms with Crippen molar-refractivity contribution in [3.63, 3.8) is 0 Å². The average Bonchev–Trinajstić information content (AvgIpc) is 4.18. The maximum atomic E-state index is 2.52. The second-order valence-corrected chi connectivity index (χ2v) is 19.4. The second-order valence-electron chi connectivity index (χ2n) is 19.4. The predicted octanol–water partition coefficient (Wildman–Crippen LogP) is 17.5. The fourth-order valence-corrected chi connectivity index (χ4v) is 13.4. The summed E-state index contributed by atoms with van der Waals surface area (Å²) in [5.41, 5.74) is 22.5. The van der Waals surface area contributed by atoms with E-state index in [-0.39, 0.29) is 10.8 Å². The van der Waals surface area contributed by atoms with E-state index in [9.17, 15) is 0 Å². The van der Waals surface area contributed by atoms with Crippen LogP contribution < -0.4 is 0 Å². The lowest BCUT2D eigenvalue weighted by Gasteiger charge is -2.27. The average molecular weight is 817 g/mol. The zero-order valence-corrected chi connectivity index (χ0v) is 36.1. The van der Waals surface area contributed by atoms with Gasteiger partial charge in [0.15, 0.2) is 0 Å². The molecule has 0 N–H and O–H groups in total. The number of hydrogen-bond acceptors (Lipinski definition) is 0. The SMILES string of the molecule is c1ccc2c(c1)-c1ccc(-c3ccc(-c4cc5c6ccccc6c(-c6ccc(-c7ccc8c(c7)C7(CCCC7)c7ccccc7-8)cc6)cc5c5ccccc45)cc3)cc1C21CCCC1. The van der Waals surface area contributed by atoms with Gasteiger partial charge in [0.25, 0.3) is 0 Å². The van der Waals surface area contributed by atoms with E-state index in [2.05, 4.69) is 194 Å². The van der Waals surface area contributed by atoms with E-state index in [1.807, 2.05) is 0 Å². The highest BCUT2D eigenvalue weighted by atomic mass is 14.5. The first-order chi connectivity index (χ1) is 31.7. The van der Waals surface area contributed by atoms with Gasteiger partial charge in [-0.05, 0) is 171 Å². The van der Waals surface area contributed by atoms with Crippen LogP contribution in [0.25, 0.3) is 99.1 Å².